The number of aromatic nitrogens is 2. The van der Waals surface area contributed by atoms with E-state index >= 15 is 0 Å². The quantitative estimate of drug-likeness (QED) is 0.323. The first kappa shape index (κ1) is 26.7. The fourth-order valence-electron chi connectivity index (χ4n) is 4.00. The van der Waals surface area contributed by atoms with Crippen LogP contribution in [0.3, 0.4) is 0 Å². The van der Waals surface area contributed by atoms with Crippen molar-refractivity contribution in [3.05, 3.63) is 94.4 Å². The number of benzene rings is 2. The van der Waals surface area contributed by atoms with Gasteiger partial charge in [0.05, 0.1) is 12.8 Å². The van der Waals surface area contributed by atoms with Crippen molar-refractivity contribution in [3.8, 4) is 28.6 Å². The van der Waals surface area contributed by atoms with Crippen LogP contribution in [-0.4, -0.2) is 31.4 Å². The second-order valence-corrected chi connectivity index (χ2v) is 10.4. The molecule has 0 spiro atoms. The van der Waals surface area contributed by atoms with Gasteiger partial charge in [0.25, 0.3) is 15.9 Å². The topological polar surface area (TPSA) is 107 Å². The zero-order chi connectivity index (χ0) is 27.6. The number of nitrogens with zero attached hydrogens (tertiary/aromatic N) is 2. The molecule has 0 bridgehead atoms. The van der Waals surface area contributed by atoms with Crippen LogP contribution < -0.4 is 14.2 Å². The van der Waals surface area contributed by atoms with Gasteiger partial charge < -0.3 is 9.47 Å². The Kier molecular flexibility index (Phi) is 7.45. The van der Waals surface area contributed by atoms with Crippen LogP contribution in [0.1, 0.15) is 34.2 Å². The van der Waals surface area contributed by atoms with Crippen molar-refractivity contribution in [2.45, 2.75) is 32.7 Å². The largest absolute Gasteiger partial charge is 0.497 e. The number of carbonyl (C=O) groups is 1. The third kappa shape index (κ3) is 5.81. The van der Waals surface area contributed by atoms with E-state index in [0.29, 0.717) is 22.7 Å². The molecule has 2 heterocycles. The summed E-state index contributed by atoms with van der Waals surface area (Å²) in [7, 11) is -2.86. The minimum Gasteiger partial charge on any atom is -0.497 e. The highest BCUT2D eigenvalue weighted by Gasteiger charge is 2.25. The van der Waals surface area contributed by atoms with Crippen LogP contribution in [-0.2, 0) is 10.0 Å². The van der Waals surface area contributed by atoms with Gasteiger partial charge in [-0.15, -0.1) is 0 Å². The number of aryl methyl sites for hydroxylation is 4. The number of methoxy groups -OCH3 is 1. The lowest BCUT2D eigenvalue weighted by Crippen LogP contribution is -2.31. The fraction of sp³-hybridized carbons (Fsp3) is 0.179. The molecule has 2 aromatic carbocycles. The van der Waals surface area contributed by atoms with Gasteiger partial charge in [0.1, 0.15) is 22.9 Å². The molecule has 38 heavy (non-hydrogen) atoms. The van der Waals surface area contributed by atoms with Crippen LogP contribution >= 0.6 is 0 Å². The predicted molar refractivity (Wildman–Crippen MR) is 143 cm³/mol. The average molecular weight is 538 g/mol. The number of pyridine rings is 2. The summed E-state index contributed by atoms with van der Waals surface area (Å²) >= 11 is 0. The molecule has 0 fully saturated rings. The van der Waals surface area contributed by atoms with E-state index in [1.165, 1.54) is 43.5 Å². The summed E-state index contributed by atoms with van der Waals surface area (Å²) in [6.45, 7) is 7.29. The Balaban J connectivity index is 0.00000420. The summed E-state index contributed by atoms with van der Waals surface area (Å²) in [6, 6.07) is 15.2. The standard InChI is InChI=1S/C28H26FN3O5S.H2/c1-16-11-17(2)26(18(3)12-16)37-28-23(27(33)32-38(34,35)25-8-6-7-19(4)30-25)9-10-24(31-28)20-13-21(29)15-22(14-20)36-5;/h6-15H,1-5H3,(H,32,33);1H. The first-order chi connectivity index (χ1) is 18.0. The normalized spacial score (nSPS) is 11.2. The highest BCUT2D eigenvalue weighted by molar-refractivity contribution is 7.90. The van der Waals surface area contributed by atoms with E-state index in [0.717, 1.165) is 16.7 Å². The lowest BCUT2D eigenvalue weighted by Gasteiger charge is -2.16. The number of sulfonamides is 1. The summed E-state index contributed by atoms with van der Waals surface area (Å²) in [6.07, 6.45) is 0. The van der Waals surface area contributed by atoms with E-state index < -0.39 is 21.7 Å². The number of nitrogens with one attached hydrogen (secondary N) is 1. The van der Waals surface area contributed by atoms with Gasteiger partial charge in [0, 0.05) is 18.8 Å². The molecule has 0 saturated heterocycles. The molecule has 8 nitrogen and oxygen atoms in total. The summed E-state index contributed by atoms with van der Waals surface area (Å²) in [5.41, 5.74) is 3.64. The van der Waals surface area contributed by atoms with Crippen molar-refractivity contribution in [3.63, 3.8) is 0 Å². The Morgan fingerprint density at radius 1 is 0.947 bits per heavy atom. The lowest BCUT2D eigenvalue weighted by atomic mass is 10.1. The first-order valence-corrected chi connectivity index (χ1v) is 13.1. The summed E-state index contributed by atoms with van der Waals surface area (Å²) in [5.74, 6) is -0.887. The van der Waals surface area contributed by atoms with Crippen LogP contribution in [0.25, 0.3) is 11.3 Å². The molecule has 0 aliphatic rings. The maximum absolute atomic E-state index is 14.2. The average Bonchev–Trinajstić information content (AvgIpc) is 2.85. The number of halogens is 1. The van der Waals surface area contributed by atoms with Crippen LogP contribution in [0.4, 0.5) is 4.39 Å². The van der Waals surface area contributed by atoms with Crippen molar-refractivity contribution in [2.24, 2.45) is 0 Å². The minimum atomic E-state index is -4.28. The van der Waals surface area contributed by atoms with Crippen molar-refractivity contribution < 1.29 is 28.5 Å². The van der Waals surface area contributed by atoms with Gasteiger partial charge in [0.15, 0.2) is 5.03 Å². The van der Waals surface area contributed by atoms with Crippen LogP contribution in [0, 0.1) is 33.5 Å². The maximum atomic E-state index is 14.2. The van der Waals surface area contributed by atoms with E-state index in [9.17, 15) is 17.6 Å². The maximum Gasteiger partial charge on any atom is 0.281 e. The summed E-state index contributed by atoms with van der Waals surface area (Å²) in [4.78, 5) is 21.7. The molecule has 1 amide bonds. The van der Waals surface area contributed by atoms with Crippen molar-refractivity contribution in [1.82, 2.24) is 14.7 Å². The highest BCUT2D eigenvalue weighted by Crippen LogP contribution is 2.33. The number of ether oxygens (including phenoxy) is 2. The molecule has 0 unspecified atom stereocenters. The Hall–Kier alpha value is -4.31. The molecule has 2 aromatic heterocycles. The molecule has 0 aliphatic carbocycles. The van der Waals surface area contributed by atoms with Gasteiger partial charge in [0.2, 0.25) is 5.88 Å². The van der Waals surface area contributed by atoms with Gasteiger partial charge in [-0.25, -0.2) is 19.1 Å². The monoisotopic (exact) mass is 537 g/mol. The Bertz CT molecular complexity index is 1640. The molecule has 0 aliphatic heterocycles. The highest BCUT2D eigenvalue weighted by atomic mass is 32.2. The van der Waals surface area contributed by atoms with E-state index in [1.807, 2.05) is 37.6 Å². The molecule has 0 atom stereocenters. The predicted octanol–water partition coefficient (Wildman–Crippen LogP) is 5.68. The molecule has 0 radical (unpaired) electrons. The third-order valence-electron chi connectivity index (χ3n) is 5.68. The van der Waals surface area contributed by atoms with Gasteiger partial charge in [-0.1, -0.05) is 23.8 Å². The van der Waals surface area contributed by atoms with E-state index in [4.69, 9.17) is 9.47 Å². The summed E-state index contributed by atoms with van der Waals surface area (Å²) < 4.78 is 53.3. The van der Waals surface area contributed by atoms with E-state index in [2.05, 4.69) is 9.97 Å². The number of hydrogen-bond donors (Lipinski definition) is 1. The van der Waals surface area contributed by atoms with E-state index in [-0.39, 0.29) is 23.6 Å². The van der Waals surface area contributed by atoms with Crippen LogP contribution in [0.15, 0.2) is 65.7 Å². The summed E-state index contributed by atoms with van der Waals surface area (Å²) in [5, 5.41) is -0.296. The molecule has 1 N–H and O–H groups in total. The minimum absolute atomic E-state index is 0. The number of carbonyl (C=O) groups excluding carboxylic acids is 1. The molecule has 10 heteroatoms. The van der Waals surface area contributed by atoms with Crippen LogP contribution in [0.5, 0.6) is 17.4 Å². The molecule has 198 valence electrons. The van der Waals surface area contributed by atoms with Gasteiger partial charge >= 0.3 is 0 Å². The van der Waals surface area contributed by atoms with E-state index in [1.54, 1.807) is 19.1 Å². The smallest absolute Gasteiger partial charge is 0.281 e. The van der Waals surface area contributed by atoms with Crippen molar-refractivity contribution in [1.29, 1.82) is 0 Å². The van der Waals surface area contributed by atoms with Gasteiger partial charge in [-0.3, -0.25) is 4.79 Å². The lowest BCUT2D eigenvalue weighted by molar-refractivity contribution is 0.0978. The molecular formula is C28H28FN3O5S. The molecule has 4 aromatic rings. The Morgan fingerprint density at radius 3 is 2.32 bits per heavy atom. The second-order valence-electron chi connectivity index (χ2n) is 8.81. The van der Waals surface area contributed by atoms with Gasteiger partial charge in [-0.2, -0.15) is 8.42 Å². The number of hydrogen-bond acceptors (Lipinski definition) is 7. The molecule has 4 rings (SSSR count). The second kappa shape index (κ2) is 10.6. The Morgan fingerprint density at radius 2 is 1.66 bits per heavy atom. The first-order valence-electron chi connectivity index (χ1n) is 11.6. The number of amides is 1. The molecule has 0 saturated carbocycles. The van der Waals surface area contributed by atoms with Crippen molar-refractivity contribution >= 4 is 15.9 Å². The number of rotatable bonds is 7. The molecular weight excluding hydrogens is 509 g/mol. The third-order valence-corrected chi connectivity index (χ3v) is 6.91. The van der Waals surface area contributed by atoms with Crippen molar-refractivity contribution in [2.75, 3.05) is 7.11 Å². The van der Waals surface area contributed by atoms with Gasteiger partial charge in [-0.05, 0) is 75.2 Å². The zero-order valence-electron chi connectivity index (χ0n) is 21.5. The van der Waals surface area contributed by atoms with Crippen LogP contribution in [0.2, 0.25) is 0 Å². The SMILES string of the molecule is COc1cc(F)cc(-c2ccc(C(=O)NS(=O)(=O)c3cccc(C)n3)c(Oc3c(C)cc(C)cc3C)n2)c1.[HH]. The fourth-order valence-corrected chi connectivity index (χ4v) is 4.98. The Labute approximate surface area is 222 Å². The zero-order valence-corrected chi connectivity index (χ0v) is 22.3.